The number of anilines is 3. The number of hydrogen-bond acceptors (Lipinski definition) is 8. The van der Waals surface area contributed by atoms with E-state index in [2.05, 4.69) is 36.5 Å². The molecule has 0 fully saturated rings. The van der Waals surface area contributed by atoms with Crippen LogP contribution in [0.3, 0.4) is 0 Å². The second kappa shape index (κ2) is 7.31. The van der Waals surface area contributed by atoms with E-state index in [0.717, 1.165) is 11.3 Å². The summed E-state index contributed by atoms with van der Waals surface area (Å²) in [4.78, 5) is 17.0. The van der Waals surface area contributed by atoms with Crippen LogP contribution in [-0.2, 0) is 0 Å². The molecular weight excluding hydrogens is 332 g/mol. The summed E-state index contributed by atoms with van der Waals surface area (Å²) in [7, 11) is 0. The van der Waals surface area contributed by atoms with Crippen molar-refractivity contribution >= 4 is 28.5 Å². The van der Waals surface area contributed by atoms with Gasteiger partial charge in [0.15, 0.2) is 5.82 Å². The molecule has 8 heteroatoms. The molecule has 0 atom stereocenters. The molecule has 1 aromatic carbocycles. The highest BCUT2D eigenvalue weighted by atomic mass is 16.3. The number of benzene rings is 1. The number of nitrogens with one attached hydrogen (secondary N) is 2. The number of aliphatic hydroxyl groups is 2. The quantitative estimate of drug-likeness (QED) is 0.492. The first-order valence-corrected chi connectivity index (χ1v) is 7.88. The lowest BCUT2D eigenvalue weighted by atomic mass is 10.1. The van der Waals surface area contributed by atoms with Gasteiger partial charge in [-0.25, -0.2) is 19.9 Å². The van der Waals surface area contributed by atoms with Gasteiger partial charge in [-0.05, 0) is 25.1 Å². The molecule has 0 bridgehead atoms. The van der Waals surface area contributed by atoms with E-state index in [-0.39, 0.29) is 19.2 Å². The first kappa shape index (κ1) is 17.5. The van der Waals surface area contributed by atoms with Crippen LogP contribution in [0.1, 0.15) is 12.5 Å². The first-order chi connectivity index (χ1) is 12.6. The van der Waals surface area contributed by atoms with Gasteiger partial charge in [0.05, 0.1) is 24.9 Å². The Labute approximate surface area is 150 Å². The predicted octanol–water partition coefficient (Wildman–Crippen LogP) is 1.30. The van der Waals surface area contributed by atoms with Crippen LogP contribution in [0.25, 0.3) is 11.0 Å². The molecule has 8 nitrogen and oxygen atoms in total. The number of hydrogen-bond donors (Lipinski definition) is 4. The number of aliphatic hydroxyl groups excluding tert-OH is 2. The molecule has 132 valence electrons. The van der Waals surface area contributed by atoms with Gasteiger partial charge >= 0.3 is 0 Å². The van der Waals surface area contributed by atoms with Crippen molar-refractivity contribution in [3.63, 3.8) is 0 Å². The maximum atomic E-state index is 9.43. The molecule has 3 aromatic rings. The molecule has 4 N–H and O–H groups in total. The van der Waals surface area contributed by atoms with E-state index in [9.17, 15) is 10.2 Å². The SMILES string of the molecule is C#Cc1cccc(Nc2ncnc3cnc(NC(C)(CO)CO)nc23)c1. The molecule has 0 unspecified atom stereocenters. The van der Waals surface area contributed by atoms with Crippen molar-refractivity contribution in [3.8, 4) is 12.3 Å². The number of fused-ring (bicyclic) bond motifs is 1. The molecule has 0 saturated heterocycles. The van der Waals surface area contributed by atoms with E-state index >= 15 is 0 Å². The average Bonchev–Trinajstić information content (AvgIpc) is 2.68. The molecule has 0 saturated carbocycles. The highest BCUT2D eigenvalue weighted by Crippen LogP contribution is 2.23. The van der Waals surface area contributed by atoms with Gasteiger partial charge in [0.1, 0.15) is 17.4 Å². The Morgan fingerprint density at radius 1 is 1.19 bits per heavy atom. The Bertz CT molecular complexity index is 965. The summed E-state index contributed by atoms with van der Waals surface area (Å²) in [6.07, 6.45) is 8.40. The molecule has 2 aromatic heterocycles. The zero-order chi connectivity index (χ0) is 18.6. The standard InChI is InChI=1S/C18H18N6O2/c1-3-12-5-4-6-13(7-12)22-16-15-14(20-11-21-16)8-19-17(23-15)24-18(2,9-25)10-26/h1,4-8,11,25-26H,9-10H2,2H3,(H,19,23,24)(H,20,21,22). The van der Waals surface area contributed by atoms with E-state index in [1.165, 1.54) is 6.33 Å². The van der Waals surface area contributed by atoms with Gasteiger partial charge in [-0.1, -0.05) is 12.0 Å². The van der Waals surface area contributed by atoms with Crippen molar-refractivity contribution in [2.45, 2.75) is 12.5 Å². The van der Waals surface area contributed by atoms with Gasteiger partial charge in [0.2, 0.25) is 5.95 Å². The molecule has 0 aliphatic carbocycles. The van der Waals surface area contributed by atoms with Gasteiger partial charge in [-0.2, -0.15) is 0 Å². The van der Waals surface area contributed by atoms with E-state index in [1.54, 1.807) is 13.1 Å². The molecule has 0 radical (unpaired) electrons. The Kier molecular flexibility index (Phi) is 4.93. The summed E-state index contributed by atoms with van der Waals surface area (Å²) < 4.78 is 0. The van der Waals surface area contributed by atoms with Crippen molar-refractivity contribution in [3.05, 3.63) is 42.4 Å². The second-order valence-electron chi connectivity index (χ2n) is 6.00. The Balaban J connectivity index is 1.98. The third kappa shape index (κ3) is 3.69. The predicted molar refractivity (Wildman–Crippen MR) is 99.0 cm³/mol. The van der Waals surface area contributed by atoms with Crippen LogP contribution in [-0.4, -0.2) is 48.9 Å². The van der Waals surface area contributed by atoms with Gasteiger partial charge in [0, 0.05) is 11.3 Å². The lowest BCUT2D eigenvalue weighted by Crippen LogP contribution is -2.43. The fraction of sp³-hybridized carbons (Fsp3) is 0.222. The Morgan fingerprint density at radius 3 is 2.73 bits per heavy atom. The number of terminal acetylenes is 1. The van der Waals surface area contributed by atoms with Gasteiger partial charge < -0.3 is 20.8 Å². The van der Waals surface area contributed by atoms with Crippen LogP contribution in [0.5, 0.6) is 0 Å². The van der Waals surface area contributed by atoms with Crippen LogP contribution in [0, 0.1) is 12.3 Å². The molecule has 0 aliphatic rings. The van der Waals surface area contributed by atoms with E-state index in [0.29, 0.717) is 16.9 Å². The molecule has 0 spiro atoms. The van der Waals surface area contributed by atoms with E-state index in [1.807, 2.05) is 24.3 Å². The monoisotopic (exact) mass is 350 g/mol. The van der Waals surface area contributed by atoms with Gasteiger partial charge in [-0.15, -0.1) is 6.42 Å². The van der Waals surface area contributed by atoms with E-state index < -0.39 is 5.54 Å². The summed E-state index contributed by atoms with van der Waals surface area (Å²) in [6, 6.07) is 7.36. The minimum absolute atomic E-state index is 0.248. The molecular formula is C18H18N6O2. The van der Waals surface area contributed by atoms with Crippen molar-refractivity contribution in [2.75, 3.05) is 23.8 Å². The maximum absolute atomic E-state index is 9.43. The third-order valence-corrected chi connectivity index (χ3v) is 3.78. The molecule has 3 rings (SSSR count). The topological polar surface area (TPSA) is 116 Å². The molecule has 0 aliphatic heterocycles. The van der Waals surface area contributed by atoms with Crippen LogP contribution in [0.4, 0.5) is 17.5 Å². The zero-order valence-electron chi connectivity index (χ0n) is 14.1. The highest BCUT2D eigenvalue weighted by Gasteiger charge is 2.23. The number of nitrogens with zero attached hydrogens (tertiary/aromatic N) is 4. The van der Waals surface area contributed by atoms with Crippen LogP contribution >= 0.6 is 0 Å². The van der Waals surface area contributed by atoms with E-state index in [4.69, 9.17) is 6.42 Å². The average molecular weight is 350 g/mol. The largest absolute Gasteiger partial charge is 0.394 e. The zero-order valence-corrected chi connectivity index (χ0v) is 14.1. The minimum atomic E-state index is -0.946. The molecule has 26 heavy (non-hydrogen) atoms. The summed E-state index contributed by atoms with van der Waals surface area (Å²) in [6.45, 7) is 1.10. The third-order valence-electron chi connectivity index (χ3n) is 3.78. The Morgan fingerprint density at radius 2 is 2.00 bits per heavy atom. The Hall–Kier alpha value is -3.28. The van der Waals surface area contributed by atoms with Crippen molar-refractivity contribution in [1.29, 1.82) is 0 Å². The normalized spacial score (nSPS) is 11.2. The smallest absolute Gasteiger partial charge is 0.224 e. The summed E-state index contributed by atoms with van der Waals surface area (Å²) in [5, 5.41) is 25.0. The second-order valence-corrected chi connectivity index (χ2v) is 6.00. The van der Waals surface area contributed by atoms with Crippen molar-refractivity contribution < 1.29 is 10.2 Å². The van der Waals surface area contributed by atoms with Crippen molar-refractivity contribution in [1.82, 2.24) is 19.9 Å². The molecule has 0 amide bonds. The minimum Gasteiger partial charge on any atom is -0.394 e. The summed E-state index contributed by atoms with van der Waals surface area (Å²) in [5.74, 6) is 3.32. The lowest BCUT2D eigenvalue weighted by Gasteiger charge is -2.26. The van der Waals surface area contributed by atoms with Gasteiger partial charge in [-0.3, -0.25) is 0 Å². The summed E-state index contributed by atoms with van der Waals surface area (Å²) in [5.41, 5.74) is 1.61. The maximum Gasteiger partial charge on any atom is 0.224 e. The molecule has 2 heterocycles. The van der Waals surface area contributed by atoms with Crippen LogP contribution in [0.2, 0.25) is 0 Å². The number of rotatable bonds is 6. The lowest BCUT2D eigenvalue weighted by molar-refractivity contribution is 0.147. The first-order valence-electron chi connectivity index (χ1n) is 7.88. The van der Waals surface area contributed by atoms with Crippen LogP contribution < -0.4 is 10.6 Å². The fourth-order valence-electron chi connectivity index (χ4n) is 2.23. The number of aromatic nitrogens is 4. The van der Waals surface area contributed by atoms with Gasteiger partial charge in [0.25, 0.3) is 0 Å². The van der Waals surface area contributed by atoms with Crippen molar-refractivity contribution in [2.24, 2.45) is 0 Å². The van der Waals surface area contributed by atoms with Crippen LogP contribution in [0.15, 0.2) is 36.8 Å². The fourth-order valence-corrected chi connectivity index (χ4v) is 2.23. The summed E-state index contributed by atoms with van der Waals surface area (Å²) >= 11 is 0. The highest BCUT2D eigenvalue weighted by molar-refractivity contribution is 5.87.